The highest BCUT2D eigenvalue weighted by Crippen LogP contribution is 2.03. The van der Waals surface area contributed by atoms with E-state index in [9.17, 15) is 9.59 Å². The van der Waals surface area contributed by atoms with Crippen LogP contribution in [0.5, 0.6) is 0 Å². The first kappa shape index (κ1) is 12.7. The van der Waals surface area contributed by atoms with Gasteiger partial charge in [0.15, 0.2) is 0 Å². The summed E-state index contributed by atoms with van der Waals surface area (Å²) < 4.78 is 8.95. The Kier molecular flexibility index (Phi) is 5.62. The van der Waals surface area contributed by atoms with Crippen molar-refractivity contribution in [2.24, 2.45) is 11.7 Å². The Morgan fingerprint density at radius 1 is 1.43 bits per heavy atom. The van der Waals surface area contributed by atoms with Crippen molar-refractivity contribution < 1.29 is 19.1 Å². The fourth-order valence-electron chi connectivity index (χ4n) is 0.869. The third kappa shape index (κ3) is 4.08. The van der Waals surface area contributed by atoms with Crippen LogP contribution < -0.4 is 11.1 Å². The molecule has 82 valence electrons. The van der Waals surface area contributed by atoms with E-state index in [4.69, 9.17) is 5.73 Å². The molecule has 0 saturated heterocycles. The fraction of sp³-hybridized carbons (Fsp3) is 0.750. The van der Waals surface area contributed by atoms with Crippen molar-refractivity contribution in [3.8, 4) is 0 Å². The number of nitrogens with two attached hydrogens (primary N) is 1. The minimum absolute atomic E-state index is 0.0761. The molecule has 0 spiro atoms. The Morgan fingerprint density at radius 2 is 2.00 bits per heavy atom. The lowest BCUT2D eigenvalue weighted by Gasteiger charge is -2.18. The fourth-order valence-corrected chi connectivity index (χ4v) is 0.869. The molecule has 0 saturated carbocycles. The molecule has 1 amide bonds. The Bertz CT molecular complexity index is 206. The Hall–Kier alpha value is -1.30. The first-order valence-corrected chi connectivity index (χ1v) is 4.24. The first-order chi connectivity index (χ1) is 6.52. The second-order valence-electron chi connectivity index (χ2n) is 2.99. The number of esters is 1. The minimum atomic E-state index is -0.725. The van der Waals surface area contributed by atoms with E-state index in [-0.39, 0.29) is 12.6 Å². The lowest BCUT2D eigenvalue weighted by molar-refractivity contribution is -0.144. The molecule has 0 aromatic carbocycles. The second kappa shape index (κ2) is 6.20. The molecular formula is C8H16N2O4. The van der Waals surface area contributed by atoms with Crippen LogP contribution in [0, 0.1) is 5.92 Å². The highest BCUT2D eigenvalue weighted by molar-refractivity contribution is 5.81. The number of rotatable bonds is 4. The quantitative estimate of drug-likeness (QED) is 0.490. The molecule has 1 atom stereocenters. The van der Waals surface area contributed by atoms with Crippen molar-refractivity contribution in [1.29, 1.82) is 0 Å². The van der Waals surface area contributed by atoms with Crippen molar-refractivity contribution in [2.75, 3.05) is 13.8 Å². The number of nitrogens with one attached hydrogen (secondary N) is 1. The summed E-state index contributed by atoms with van der Waals surface area (Å²) in [5.41, 5.74) is 4.99. The molecule has 14 heavy (non-hydrogen) atoms. The molecule has 0 aliphatic carbocycles. The highest BCUT2D eigenvalue weighted by atomic mass is 16.6. The molecule has 0 aliphatic heterocycles. The van der Waals surface area contributed by atoms with Crippen LogP contribution in [0.3, 0.4) is 0 Å². The minimum Gasteiger partial charge on any atom is -0.467 e. The molecule has 0 heterocycles. The maximum Gasteiger partial charge on any atom is 0.409 e. The summed E-state index contributed by atoms with van der Waals surface area (Å²) >= 11 is 0. The second-order valence-corrected chi connectivity index (χ2v) is 2.99. The summed E-state index contributed by atoms with van der Waals surface area (Å²) in [6.45, 7) is 3.34. The zero-order chi connectivity index (χ0) is 11.1. The number of methoxy groups -OCH3 is 1. The largest absolute Gasteiger partial charge is 0.467 e. The topological polar surface area (TPSA) is 90.6 Å². The predicted molar refractivity (Wildman–Crippen MR) is 49.3 cm³/mol. The van der Waals surface area contributed by atoms with Crippen molar-refractivity contribution in [3.05, 3.63) is 0 Å². The maximum absolute atomic E-state index is 11.2. The van der Waals surface area contributed by atoms with Crippen molar-refractivity contribution >= 4 is 12.1 Å². The van der Waals surface area contributed by atoms with Gasteiger partial charge in [0.25, 0.3) is 0 Å². The van der Waals surface area contributed by atoms with Gasteiger partial charge in [0.2, 0.25) is 0 Å². The van der Waals surface area contributed by atoms with Crippen LogP contribution in [0.15, 0.2) is 0 Å². The summed E-state index contributed by atoms with van der Waals surface area (Å²) in [5.74, 6) is -0.582. The SMILES string of the molecule is COC(=O)C(NC(=O)OCN)C(C)C. The first-order valence-electron chi connectivity index (χ1n) is 4.24. The molecule has 6 heteroatoms. The van der Waals surface area contributed by atoms with Crippen molar-refractivity contribution in [1.82, 2.24) is 5.32 Å². The number of hydrogen-bond donors (Lipinski definition) is 2. The Labute approximate surface area is 82.7 Å². The zero-order valence-corrected chi connectivity index (χ0v) is 8.57. The molecule has 6 nitrogen and oxygen atoms in total. The van der Waals surface area contributed by atoms with E-state index in [0.717, 1.165) is 0 Å². The third-order valence-corrected chi connectivity index (χ3v) is 1.61. The van der Waals surface area contributed by atoms with E-state index in [0.29, 0.717) is 0 Å². The summed E-state index contributed by atoms with van der Waals surface area (Å²) in [6, 6.07) is -0.709. The highest BCUT2D eigenvalue weighted by Gasteiger charge is 2.25. The van der Waals surface area contributed by atoms with E-state index in [1.54, 1.807) is 13.8 Å². The molecule has 0 rings (SSSR count). The van der Waals surface area contributed by atoms with Gasteiger partial charge in [-0.3, -0.25) is 5.73 Å². The van der Waals surface area contributed by atoms with E-state index in [2.05, 4.69) is 14.8 Å². The van der Waals surface area contributed by atoms with Crippen molar-refractivity contribution in [2.45, 2.75) is 19.9 Å². The number of hydrogen-bond acceptors (Lipinski definition) is 5. The van der Waals surface area contributed by atoms with Gasteiger partial charge < -0.3 is 14.8 Å². The number of carbonyl (C=O) groups excluding carboxylic acids is 2. The lowest BCUT2D eigenvalue weighted by atomic mass is 10.1. The van der Waals surface area contributed by atoms with Gasteiger partial charge in [-0.15, -0.1) is 0 Å². The van der Waals surface area contributed by atoms with Gasteiger partial charge in [0.05, 0.1) is 7.11 Å². The van der Waals surface area contributed by atoms with Crippen LogP contribution in [0.25, 0.3) is 0 Å². The smallest absolute Gasteiger partial charge is 0.409 e. The Morgan fingerprint density at radius 3 is 2.36 bits per heavy atom. The van der Waals surface area contributed by atoms with Gasteiger partial charge >= 0.3 is 12.1 Å². The molecular weight excluding hydrogens is 188 g/mol. The van der Waals surface area contributed by atoms with E-state index in [1.165, 1.54) is 7.11 Å². The molecule has 0 aromatic rings. The zero-order valence-electron chi connectivity index (χ0n) is 8.57. The van der Waals surface area contributed by atoms with Crippen LogP contribution in [0.2, 0.25) is 0 Å². The van der Waals surface area contributed by atoms with Crippen LogP contribution in [0.1, 0.15) is 13.8 Å². The molecule has 0 radical (unpaired) electrons. The predicted octanol–water partition coefficient (Wildman–Crippen LogP) is -0.174. The number of carbonyl (C=O) groups is 2. The van der Waals surface area contributed by atoms with E-state index >= 15 is 0 Å². The summed E-state index contributed by atoms with van der Waals surface area (Å²) in [7, 11) is 1.26. The average Bonchev–Trinajstić information content (AvgIpc) is 2.13. The van der Waals surface area contributed by atoms with Crippen LogP contribution in [0.4, 0.5) is 4.79 Å². The van der Waals surface area contributed by atoms with E-state index < -0.39 is 18.1 Å². The monoisotopic (exact) mass is 204 g/mol. The summed E-state index contributed by atoms with van der Waals surface area (Å²) in [5, 5.41) is 2.35. The normalized spacial score (nSPS) is 12.1. The van der Waals surface area contributed by atoms with Gasteiger partial charge in [-0.1, -0.05) is 13.8 Å². The molecule has 0 bridgehead atoms. The van der Waals surface area contributed by atoms with Gasteiger partial charge in [-0.2, -0.15) is 0 Å². The molecule has 1 unspecified atom stereocenters. The maximum atomic E-state index is 11.2. The number of amides is 1. The molecule has 3 N–H and O–H groups in total. The standard InChI is InChI=1S/C8H16N2O4/c1-5(2)6(7(11)13-3)10-8(12)14-4-9/h5-6H,4,9H2,1-3H3,(H,10,12). The summed E-state index contributed by atoms with van der Waals surface area (Å²) in [4.78, 5) is 22.1. The van der Waals surface area contributed by atoms with Crippen LogP contribution in [-0.4, -0.2) is 31.9 Å². The molecule has 0 aromatic heterocycles. The van der Waals surface area contributed by atoms with Crippen LogP contribution in [-0.2, 0) is 14.3 Å². The van der Waals surface area contributed by atoms with Gasteiger partial charge in [-0.25, -0.2) is 9.59 Å². The third-order valence-electron chi connectivity index (χ3n) is 1.61. The molecule has 0 aliphatic rings. The Balaban J connectivity index is 4.23. The van der Waals surface area contributed by atoms with Crippen LogP contribution >= 0.6 is 0 Å². The van der Waals surface area contributed by atoms with Gasteiger partial charge in [0.1, 0.15) is 12.8 Å². The summed E-state index contributed by atoms with van der Waals surface area (Å²) in [6.07, 6.45) is -0.725. The number of alkyl carbamates (subject to hydrolysis) is 1. The van der Waals surface area contributed by atoms with Gasteiger partial charge in [0, 0.05) is 0 Å². The van der Waals surface area contributed by atoms with E-state index in [1.807, 2.05) is 0 Å². The number of ether oxygens (including phenoxy) is 2. The average molecular weight is 204 g/mol. The molecule has 0 fully saturated rings. The lowest BCUT2D eigenvalue weighted by Crippen LogP contribution is -2.45. The van der Waals surface area contributed by atoms with Crippen molar-refractivity contribution in [3.63, 3.8) is 0 Å². The van der Waals surface area contributed by atoms with Gasteiger partial charge in [-0.05, 0) is 5.92 Å².